The second-order valence-electron chi connectivity index (χ2n) is 7.01. The Balaban J connectivity index is 1.86. The van der Waals surface area contributed by atoms with Crippen LogP contribution < -0.4 is 14.9 Å². The van der Waals surface area contributed by atoms with Crippen molar-refractivity contribution < 1.29 is 23.4 Å². The molecule has 0 bridgehead atoms. The van der Waals surface area contributed by atoms with Crippen molar-refractivity contribution in [3.05, 3.63) is 100 Å². The maximum absolute atomic E-state index is 14.4. The number of hydrogen-bond donors (Lipinski definition) is 0. The van der Waals surface area contributed by atoms with Crippen molar-refractivity contribution in [3.63, 3.8) is 0 Å². The number of methoxy groups -OCH3 is 2. The van der Waals surface area contributed by atoms with E-state index in [-0.39, 0.29) is 16.7 Å². The molecule has 162 valence electrons. The molecule has 6 nitrogen and oxygen atoms in total. The molecule has 0 N–H and O–H groups in total. The highest BCUT2D eigenvalue weighted by Gasteiger charge is 2.18. The Hall–Kier alpha value is -4.13. The molecular formula is C25H20FNO5. The van der Waals surface area contributed by atoms with Crippen molar-refractivity contribution >= 4 is 16.9 Å². The number of ether oxygens (including phenoxy) is 3. The maximum atomic E-state index is 14.4. The Bertz CT molecular complexity index is 1350. The fourth-order valence-corrected chi connectivity index (χ4v) is 3.41. The first-order chi connectivity index (χ1) is 15.5. The van der Waals surface area contributed by atoms with Gasteiger partial charge in [-0.15, -0.1) is 0 Å². The average molecular weight is 433 g/mol. The van der Waals surface area contributed by atoms with Gasteiger partial charge in [-0.1, -0.05) is 30.3 Å². The van der Waals surface area contributed by atoms with Crippen LogP contribution in [0.25, 0.3) is 16.6 Å². The van der Waals surface area contributed by atoms with Crippen LogP contribution in [0, 0.1) is 5.82 Å². The van der Waals surface area contributed by atoms with Gasteiger partial charge < -0.3 is 18.8 Å². The van der Waals surface area contributed by atoms with Gasteiger partial charge in [-0.25, -0.2) is 9.18 Å². The molecule has 32 heavy (non-hydrogen) atoms. The van der Waals surface area contributed by atoms with E-state index >= 15 is 0 Å². The minimum Gasteiger partial charge on any atom is -0.494 e. The van der Waals surface area contributed by atoms with Gasteiger partial charge in [0.1, 0.15) is 17.9 Å². The highest BCUT2D eigenvalue weighted by atomic mass is 19.1. The minimum absolute atomic E-state index is 0.0826. The summed E-state index contributed by atoms with van der Waals surface area (Å²) in [6.07, 6.45) is 1.35. The molecule has 7 heteroatoms. The first kappa shape index (κ1) is 21.1. The SMILES string of the molecule is COC(=O)c1cn(-c2ccc(OC)c(F)c2)c2cc(OCc3ccccc3)ccc2c1=O. The third kappa shape index (κ3) is 4.05. The fourth-order valence-electron chi connectivity index (χ4n) is 3.41. The number of pyridine rings is 1. The van der Waals surface area contributed by atoms with Crippen LogP contribution in [-0.4, -0.2) is 24.8 Å². The number of nitrogens with zero attached hydrogens (tertiary/aromatic N) is 1. The molecule has 0 radical (unpaired) electrons. The predicted octanol–water partition coefficient (Wildman–Crippen LogP) is 4.50. The number of esters is 1. The van der Waals surface area contributed by atoms with E-state index in [1.54, 1.807) is 28.8 Å². The topological polar surface area (TPSA) is 66.8 Å². The van der Waals surface area contributed by atoms with E-state index in [9.17, 15) is 14.0 Å². The zero-order chi connectivity index (χ0) is 22.7. The summed E-state index contributed by atoms with van der Waals surface area (Å²) < 4.78 is 31.6. The number of hydrogen-bond acceptors (Lipinski definition) is 5. The van der Waals surface area contributed by atoms with Crippen LogP contribution in [0.3, 0.4) is 0 Å². The standard InChI is InChI=1S/C25H20FNO5/c1-30-23-11-8-17(12-21(23)26)27-14-20(25(29)31-2)24(28)19-10-9-18(13-22(19)27)32-15-16-6-4-3-5-7-16/h3-14H,15H2,1-2H3. The second kappa shape index (κ2) is 8.93. The number of carbonyl (C=O) groups is 1. The summed E-state index contributed by atoms with van der Waals surface area (Å²) in [4.78, 5) is 25.1. The Kier molecular flexibility index (Phi) is 5.89. The lowest BCUT2D eigenvalue weighted by Crippen LogP contribution is -2.19. The molecule has 0 aliphatic rings. The van der Waals surface area contributed by atoms with Crippen molar-refractivity contribution in [1.82, 2.24) is 4.57 Å². The molecule has 0 aliphatic heterocycles. The van der Waals surface area contributed by atoms with E-state index in [1.165, 1.54) is 32.5 Å². The van der Waals surface area contributed by atoms with Crippen LogP contribution in [0.5, 0.6) is 11.5 Å². The van der Waals surface area contributed by atoms with E-state index in [2.05, 4.69) is 0 Å². The lowest BCUT2D eigenvalue weighted by atomic mass is 10.1. The van der Waals surface area contributed by atoms with Gasteiger partial charge in [0.2, 0.25) is 5.43 Å². The molecule has 0 unspecified atom stereocenters. The molecule has 0 atom stereocenters. The molecule has 4 rings (SSSR count). The number of halogens is 1. The number of rotatable bonds is 6. The fraction of sp³-hybridized carbons (Fsp3) is 0.120. The number of carbonyl (C=O) groups excluding carboxylic acids is 1. The molecule has 1 heterocycles. The van der Waals surface area contributed by atoms with Gasteiger partial charge in [0.05, 0.1) is 19.7 Å². The first-order valence-corrected chi connectivity index (χ1v) is 9.80. The quantitative estimate of drug-likeness (QED) is 0.419. The molecule has 0 spiro atoms. The Labute approximate surface area is 183 Å². The summed E-state index contributed by atoms with van der Waals surface area (Å²) in [5, 5.41) is 0.274. The van der Waals surface area contributed by atoms with E-state index in [0.717, 1.165) is 5.56 Å². The molecule has 3 aromatic carbocycles. The molecular weight excluding hydrogens is 413 g/mol. The number of benzene rings is 3. The van der Waals surface area contributed by atoms with Crippen LogP contribution >= 0.6 is 0 Å². The predicted molar refractivity (Wildman–Crippen MR) is 118 cm³/mol. The van der Waals surface area contributed by atoms with Crippen LogP contribution in [0.1, 0.15) is 15.9 Å². The van der Waals surface area contributed by atoms with Gasteiger partial charge in [-0.05, 0) is 29.8 Å². The van der Waals surface area contributed by atoms with Gasteiger partial charge in [-0.3, -0.25) is 4.79 Å². The van der Waals surface area contributed by atoms with Gasteiger partial charge in [0, 0.05) is 29.4 Å². The van der Waals surface area contributed by atoms with E-state index in [1.807, 2.05) is 30.3 Å². The summed E-state index contributed by atoms with van der Waals surface area (Å²) in [7, 11) is 2.57. The normalized spacial score (nSPS) is 10.7. The second-order valence-corrected chi connectivity index (χ2v) is 7.01. The van der Waals surface area contributed by atoms with E-state index in [4.69, 9.17) is 14.2 Å². The van der Waals surface area contributed by atoms with Crippen molar-refractivity contribution in [1.29, 1.82) is 0 Å². The Morgan fingerprint density at radius 3 is 2.47 bits per heavy atom. The van der Waals surface area contributed by atoms with Crippen molar-refractivity contribution in [2.45, 2.75) is 6.61 Å². The lowest BCUT2D eigenvalue weighted by molar-refractivity contribution is 0.0599. The minimum atomic E-state index is -0.774. The van der Waals surface area contributed by atoms with E-state index < -0.39 is 17.2 Å². The third-order valence-electron chi connectivity index (χ3n) is 5.04. The largest absolute Gasteiger partial charge is 0.494 e. The molecule has 0 saturated carbocycles. The molecule has 0 aliphatic carbocycles. The van der Waals surface area contributed by atoms with Crippen LogP contribution in [0.4, 0.5) is 4.39 Å². The smallest absolute Gasteiger partial charge is 0.343 e. The highest BCUT2D eigenvalue weighted by molar-refractivity contribution is 5.94. The zero-order valence-corrected chi connectivity index (χ0v) is 17.5. The van der Waals surface area contributed by atoms with Crippen molar-refractivity contribution in [3.8, 4) is 17.2 Å². The number of aromatic nitrogens is 1. The van der Waals surface area contributed by atoms with Crippen molar-refractivity contribution in [2.24, 2.45) is 0 Å². The monoisotopic (exact) mass is 433 g/mol. The first-order valence-electron chi connectivity index (χ1n) is 9.80. The highest BCUT2D eigenvalue weighted by Crippen LogP contribution is 2.26. The molecule has 0 saturated heterocycles. The molecule has 0 amide bonds. The lowest BCUT2D eigenvalue weighted by Gasteiger charge is -2.15. The summed E-state index contributed by atoms with van der Waals surface area (Å²) in [6, 6.07) is 18.9. The van der Waals surface area contributed by atoms with Crippen LogP contribution in [0.15, 0.2) is 77.7 Å². The Morgan fingerprint density at radius 2 is 1.78 bits per heavy atom. The van der Waals surface area contributed by atoms with E-state index in [0.29, 0.717) is 23.6 Å². The summed E-state index contributed by atoms with van der Waals surface area (Å²) in [5.41, 5.74) is 1.21. The summed E-state index contributed by atoms with van der Waals surface area (Å²) >= 11 is 0. The molecule has 0 fully saturated rings. The van der Waals surface area contributed by atoms with Crippen LogP contribution in [-0.2, 0) is 11.3 Å². The van der Waals surface area contributed by atoms with Gasteiger partial charge in [0.15, 0.2) is 11.6 Å². The van der Waals surface area contributed by atoms with Gasteiger partial charge >= 0.3 is 5.97 Å². The number of fused-ring (bicyclic) bond motifs is 1. The van der Waals surface area contributed by atoms with Gasteiger partial charge in [-0.2, -0.15) is 0 Å². The van der Waals surface area contributed by atoms with Gasteiger partial charge in [0.25, 0.3) is 0 Å². The zero-order valence-electron chi connectivity index (χ0n) is 17.5. The maximum Gasteiger partial charge on any atom is 0.343 e. The molecule has 1 aromatic heterocycles. The Morgan fingerprint density at radius 1 is 1.00 bits per heavy atom. The summed E-state index contributed by atoms with van der Waals surface area (Å²) in [6.45, 7) is 0.341. The third-order valence-corrected chi connectivity index (χ3v) is 5.04. The molecule has 4 aromatic rings. The van der Waals surface area contributed by atoms with Crippen LogP contribution in [0.2, 0.25) is 0 Å². The van der Waals surface area contributed by atoms with Crippen molar-refractivity contribution in [2.75, 3.05) is 14.2 Å². The summed E-state index contributed by atoms with van der Waals surface area (Å²) in [5.74, 6) is -0.745. The average Bonchev–Trinajstić information content (AvgIpc) is 2.83.